The van der Waals surface area contributed by atoms with E-state index in [1.54, 1.807) is 13.0 Å². The third-order valence-electron chi connectivity index (χ3n) is 3.42. The van der Waals surface area contributed by atoms with Crippen molar-refractivity contribution in [2.75, 3.05) is 5.32 Å². The molecular weight excluding hydrogens is 354 g/mol. The molecule has 6 nitrogen and oxygen atoms in total. The molecule has 0 radical (unpaired) electrons. The summed E-state index contributed by atoms with van der Waals surface area (Å²) in [6.07, 6.45) is -1.27. The van der Waals surface area contributed by atoms with Gasteiger partial charge in [0.15, 0.2) is 11.6 Å². The summed E-state index contributed by atoms with van der Waals surface area (Å²) in [5, 5.41) is 22.6. The van der Waals surface area contributed by atoms with E-state index >= 15 is 0 Å². The number of benzene rings is 1. The molecule has 2 rings (SSSR count). The number of halogens is 3. The second-order valence-electron chi connectivity index (χ2n) is 5.18. The van der Waals surface area contributed by atoms with E-state index in [0.29, 0.717) is 5.56 Å². The summed E-state index contributed by atoms with van der Waals surface area (Å²) in [6.45, 7) is 1.55. The van der Waals surface area contributed by atoms with E-state index in [9.17, 15) is 13.6 Å². The first kappa shape index (κ1) is 18.4. The van der Waals surface area contributed by atoms with Crippen LogP contribution in [0.25, 0.3) is 0 Å². The molecule has 0 unspecified atom stereocenters. The molecule has 0 aliphatic heterocycles. The van der Waals surface area contributed by atoms with Crippen LogP contribution in [0.3, 0.4) is 0 Å². The fraction of sp³-hybridized carbons (Fsp3) is 0.188. The van der Waals surface area contributed by atoms with Gasteiger partial charge in [0, 0.05) is 0 Å². The zero-order valence-electron chi connectivity index (χ0n) is 12.9. The van der Waals surface area contributed by atoms with E-state index in [0.717, 1.165) is 6.07 Å². The van der Waals surface area contributed by atoms with E-state index < -0.39 is 29.8 Å². The minimum Gasteiger partial charge on any atom is -0.465 e. The first-order valence-corrected chi connectivity index (χ1v) is 7.47. The van der Waals surface area contributed by atoms with Gasteiger partial charge in [-0.25, -0.2) is 18.6 Å². The molecule has 0 bridgehead atoms. The van der Waals surface area contributed by atoms with Gasteiger partial charge in [0.2, 0.25) is 0 Å². The van der Waals surface area contributed by atoms with Crippen LogP contribution in [0.2, 0.25) is 5.15 Å². The number of rotatable bonds is 5. The second kappa shape index (κ2) is 7.77. The van der Waals surface area contributed by atoms with Gasteiger partial charge in [0.1, 0.15) is 17.0 Å². The molecule has 130 valence electrons. The van der Waals surface area contributed by atoms with Crippen LogP contribution in [0.4, 0.5) is 19.4 Å². The number of hydrogen-bond donors (Lipinski definition) is 3. The van der Waals surface area contributed by atoms with Crippen molar-refractivity contribution >= 4 is 23.5 Å². The van der Waals surface area contributed by atoms with Crippen LogP contribution in [-0.2, 0) is 0 Å². The third-order valence-corrected chi connectivity index (χ3v) is 3.71. The molecular formula is C16H13ClF2N4O2. The Bertz CT molecular complexity index is 824. The molecule has 1 heterocycles. The first-order chi connectivity index (χ1) is 11.8. The number of nitriles is 1. The highest BCUT2D eigenvalue weighted by atomic mass is 35.5. The third kappa shape index (κ3) is 4.55. The van der Waals surface area contributed by atoms with Crippen LogP contribution < -0.4 is 10.6 Å². The van der Waals surface area contributed by atoms with E-state index in [1.807, 2.05) is 0 Å². The summed E-state index contributed by atoms with van der Waals surface area (Å²) in [5.74, 6) is -1.54. The van der Waals surface area contributed by atoms with Gasteiger partial charge in [0.25, 0.3) is 0 Å². The van der Waals surface area contributed by atoms with E-state index in [4.69, 9.17) is 22.0 Å². The summed E-state index contributed by atoms with van der Waals surface area (Å²) < 4.78 is 27.3. The molecule has 3 N–H and O–H groups in total. The van der Waals surface area contributed by atoms with Crippen molar-refractivity contribution in [2.45, 2.75) is 19.0 Å². The Labute approximate surface area is 147 Å². The highest BCUT2D eigenvalue weighted by Gasteiger charge is 2.23. The summed E-state index contributed by atoms with van der Waals surface area (Å²) in [6, 6.07) is 6.45. The number of carboxylic acid groups (broad SMARTS) is 1. The molecule has 1 aromatic carbocycles. The number of carbonyl (C=O) groups is 1. The highest BCUT2D eigenvalue weighted by molar-refractivity contribution is 6.30. The largest absolute Gasteiger partial charge is 0.465 e. The van der Waals surface area contributed by atoms with Crippen molar-refractivity contribution in [2.24, 2.45) is 0 Å². The summed E-state index contributed by atoms with van der Waals surface area (Å²) in [7, 11) is 0. The molecule has 0 fully saturated rings. The highest BCUT2D eigenvalue weighted by Crippen LogP contribution is 2.26. The van der Waals surface area contributed by atoms with E-state index in [1.165, 1.54) is 24.3 Å². The second-order valence-corrected chi connectivity index (χ2v) is 5.54. The molecule has 25 heavy (non-hydrogen) atoms. The lowest BCUT2D eigenvalue weighted by atomic mass is 10.00. The lowest BCUT2D eigenvalue weighted by Crippen LogP contribution is -2.39. The molecule has 9 heteroatoms. The van der Waals surface area contributed by atoms with Crippen LogP contribution >= 0.6 is 11.6 Å². The number of hydrogen-bond acceptors (Lipinski definition) is 4. The Morgan fingerprint density at radius 3 is 2.56 bits per heavy atom. The average molecular weight is 367 g/mol. The van der Waals surface area contributed by atoms with Gasteiger partial charge in [0.05, 0.1) is 17.6 Å². The Kier molecular flexibility index (Phi) is 5.72. The van der Waals surface area contributed by atoms with Crippen molar-refractivity contribution < 1.29 is 18.7 Å². The Balaban J connectivity index is 2.39. The minimum atomic E-state index is -1.27. The fourth-order valence-corrected chi connectivity index (χ4v) is 2.42. The van der Waals surface area contributed by atoms with Gasteiger partial charge in [-0.05, 0) is 30.7 Å². The number of nitrogens with one attached hydrogen (secondary N) is 2. The molecule has 1 amide bonds. The lowest BCUT2D eigenvalue weighted by Gasteiger charge is -2.26. The van der Waals surface area contributed by atoms with Crippen LogP contribution in [0, 0.1) is 23.0 Å². The first-order valence-electron chi connectivity index (χ1n) is 7.09. The van der Waals surface area contributed by atoms with Crippen molar-refractivity contribution in [1.82, 2.24) is 10.3 Å². The molecule has 2 atom stereocenters. The van der Waals surface area contributed by atoms with Gasteiger partial charge in [-0.3, -0.25) is 0 Å². The lowest BCUT2D eigenvalue weighted by molar-refractivity contribution is 0.189. The molecule has 0 saturated carbocycles. The van der Waals surface area contributed by atoms with Gasteiger partial charge >= 0.3 is 6.09 Å². The van der Waals surface area contributed by atoms with Gasteiger partial charge in [-0.2, -0.15) is 5.26 Å². The maximum atomic E-state index is 14.2. The van der Waals surface area contributed by atoms with Crippen LogP contribution in [0.1, 0.15) is 24.1 Å². The predicted octanol–water partition coefficient (Wildman–Crippen LogP) is 3.69. The Morgan fingerprint density at radius 1 is 1.36 bits per heavy atom. The van der Waals surface area contributed by atoms with Crippen molar-refractivity contribution in [3.8, 4) is 6.07 Å². The fourth-order valence-electron chi connectivity index (χ4n) is 2.24. The maximum absolute atomic E-state index is 14.2. The quantitative estimate of drug-likeness (QED) is 0.701. The van der Waals surface area contributed by atoms with Crippen LogP contribution in [0.5, 0.6) is 0 Å². The van der Waals surface area contributed by atoms with Crippen LogP contribution in [-0.4, -0.2) is 22.2 Å². The van der Waals surface area contributed by atoms with Gasteiger partial charge in [-0.1, -0.05) is 23.7 Å². The van der Waals surface area contributed by atoms with Gasteiger partial charge in [-0.15, -0.1) is 0 Å². The Hall–Kier alpha value is -2.92. The number of nitrogens with zero attached hydrogens (tertiary/aromatic N) is 2. The molecule has 0 spiro atoms. The average Bonchev–Trinajstić information content (AvgIpc) is 2.55. The maximum Gasteiger partial charge on any atom is 0.404 e. The predicted molar refractivity (Wildman–Crippen MR) is 87.3 cm³/mol. The molecule has 0 aliphatic carbocycles. The summed E-state index contributed by atoms with van der Waals surface area (Å²) in [4.78, 5) is 14.7. The molecule has 0 aliphatic rings. The number of amides is 1. The van der Waals surface area contributed by atoms with Gasteiger partial charge < -0.3 is 15.7 Å². The summed E-state index contributed by atoms with van der Waals surface area (Å²) in [5.41, 5.74) is 0.379. The minimum absolute atomic E-state index is 0.125. The van der Waals surface area contributed by atoms with E-state index in [-0.39, 0.29) is 16.5 Å². The number of anilines is 1. The normalized spacial score (nSPS) is 12.8. The molecule has 1 aromatic heterocycles. The monoisotopic (exact) mass is 366 g/mol. The Morgan fingerprint density at radius 2 is 2.00 bits per heavy atom. The SMILES string of the molecule is C[C@H](NC(=O)O)[C@@H](Nc1nc(Cl)c(C#N)cc1F)c1ccc(F)cc1. The van der Waals surface area contributed by atoms with Crippen molar-refractivity contribution in [1.29, 1.82) is 5.26 Å². The van der Waals surface area contributed by atoms with Crippen LogP contribution in [0.15, 0.2) is 30.3 Å². The standard InChI is InChI=1S/C16H13ClF2N4O2/c1-8(21-16(24)25)13(9-2-4-11(18)5-3-9)22-15-12(19)6-10(7-20)14(17)23-15/h2-6,8,13,21H,1H3,(H,22,23)(H,24,25)/t8-,13+/m0/s1. The smallest absolute Gasteiger partial charge is 0.404 e. The number of aromatic nitrogens is 1. The zero-order valence-corrected chi connectivity index (χ0v) is 13.7. The summed E-state index contributed by atoms with van der Waals surface area (Å²) >= 11 is 5.82. The topological polar surface area (TPSA) is 98.0 Å². The zero-order chi connectivity index (χ0) is 18.6. The molecule has 2 aromatic rings. The van der Waals surface area contributed by atoms with E-state index in [2.05, 4.69) is 15.6 Å². The van der Waals surface area contributed by atoms with Crippen molar-refractivity contribution in [3.05, 3.63) is 58.2 Å². The number of pyridine rings is 1. The molecule has 0 saturated heterocycles. The van der Waals surface area contributed by atoms with Crippen molar-refractivity contribution in [3.63, 3.8) is 0 Å².